The van der Waals surface area contributed by atoms with Crippen LogP contribution in [0, 0.1) is 5.92 Å². The van der Waals surface area contributed by atoms with Gasteiger partial charge in [0, 0.05) is 13.0 Å². The van der Waals surface area contributed by atoms with Gasteiger partial charge in [-0.05, 0) is 56.6 Å². The lowest BCUT2D eigenvalue weighted by molar-refractivity contribution is -0.158. The van der Waals surface area contributed by atoms with Crippen molar-refractivity contribution in [2.45, 2.75) is 77.5 Å². The van der Waals surface area contributed by atoms with E-state index in [9.17, 15) is 19.2 Å². The van der Waals surface area contributed by atoms with E-state index < -0.39 is 18.0 Å². The molecule has 4 atom stereocenters. The zero-order valence-corrected chi connectivity index (χ0v) is 19.7. The van der Waals surface area contributed by atoms with Gasteiger partial charge in [0.05, 0.1) is 12.5 Å². The van der Waals surface area contributed by atoms with Crippen molar-refractivity contribution in [2.24, 2.45) is 5.92 Å². The lowest BCUT2D eigenvalue weighted by atomic mass is 9.98. The molecule has 7 nitrogen and oxygen atoms in total. The third-order valence-electron chi connectivity index (χ3n) is 6.37. The number of ether oxygens (including phenoxy) is 1. The Morgan fingerprint density at radius 3 is 2.48 bits per heavy atom. The summed E-state index contributed by atoms with van der Waals surface area (Å²) in [5.74, 6) is -1.34. The van der Waals surface area contributed by atoms with Gasteiger partial charge in [0.25, 0.3) is 0 Å². The second-order valence-corrected chi connectivity index (χ2v) is 9.25. The number of cyclic esters (lactones) is 1. The number of carbonyl (C=O) groups excluding carboxylic acids is 4. The Morgan fingerprint density at radius 2 is 1.76 bits per heavy atom. The molecule has 2 amide bonds. The summed E-state index contributed by atoms with van der Waals surface area (Å²) in [4.78, 5) is 53.3. The summed E-state index contributed by atoms with van der Waals surface area (Å²) in [6, 6.07) is 7.87. The second kappa shape index (κ2) is 11.3. The first-order chi connectivity index (χ1) is 15.7. The third-order valence-corrected chi connectivity index (χ3v) is 6.37. The topological polar surface area (TPSA) is 92.8 Å². The van der Waals surface area contributed by atoms with Crippen LogP contribution in [0.25, 0.3) is 0 Å². The number of fused-ring (bicyclic) bond motifs is 1. The predicted octanol–water partition coefficient (Wildman–Crippen LogP) is 2.97. The van der Waals surface area contributed by atoms with Crippen LogP contribution in [0.3, 0.4) is 0 Å². The number of benzene rings is 1. The van der Waals surface area contributed by atoms with Gasteiger partial charge in [-0.1, -0.05) is 43.3 Å². The molecule has 2 heterocycles. The highest BCUT2D eigenvalue weighted by Crippen LogP contribution is 2.23. The Hall–Kier alpha value is -2.96. The van der Waals surface area contributed by atoms with Gasteiger partial charge >= 0.3 is 5.97 Å². The zero-order valence-electron chi connectivity index (χ0n) is 19.7. The fraction of sp³-hybridized carbons (Fsp3) is 0.538. The number of nitrogens with one attached hydrogen (secondary N) is 1. The Kier molecular flexibility index (Phi) is 8.42. The molecule has 33 heavy (non-hydrogen) atoms. The molecule has 1 aromatic rings. The molecule has 3 rings (SSSR count). The zero-order chi connectivity index (χ0) is 24.0. The average Bonchev–Trinajstić information content (AvgIpc) is 3.27. The van der Waals surface area contributed by atoms with Crippen LogP contribution < -0.4 is 5.32 Å². The highest BCUT2D eigenvalue weighted by Gasteiger charge is 2.39. The Bertz CT molecular complexity index is 911. The smallest absolute Gasteiger partial charge is 0.329 e. The molecular weight excluding hydrogens is 420 g/mol. The van der Waals surface area contributed by atoms with Gasteiger partial charge in [0.1, 0.15) is 12.1 Å². The van der Waals surface area contributed by atoms with E-state index in [1.807, 2.05) is 50.3 Å². The number of rotatable bonds is 2. The number of esters is 1. The highest BCUT2D eigenvalue weighted by molar-refractivity contribution is 6.07. The van der Waals surface area contributed by atoms with Crippen LogP contribution in [0.15, 0.2) is 42.0 Å². The number of allylic oxidation sites excluding steroid dienone is 2. The lowest BCUT2D eigenvalue weighted by Crippen LogP contribution is -2.53. The van der Waals surface area contributed by atoms with Gasteiger partial charge in [-0.15, -0.1) is 0 Å². The minimum absolute atomic E-state index is 0.112. The van der Waals surface area contributed by atoms with Crippen molar-refractivity contribution >= 4 is 23.6 Å². The monoisotopic (exact) mass is 454 g/mol. The van der Waals surface area contributed by atoms with Gasteiger partial charge in [0.15, 0.2) is 5.78 Å². The van der Waals surface area contributed by atoms with E-state index in [1.165, 1.54) is 4.90 Å². The quantitative estimate of drug-likeness (QED) is 0.548. The van der Waals surface area contributed by atoms with E-state index in [4.69, 9.17) is 4.74 Å². The Balaban J connectivity index is 1.89. The normalized spacial score (nSPS) is 29.7. The van der Waals surface area contributed by atoms with E-state index >= 15 is 0 Å². The molecular formula is C26H34N2O5. The summed E-state index contributed by atoms with van der Waals surface area (Å²) >= 11 is 0. The summed E-state index contributed by atoms with van der Waals surface area (Å²) in [6.45, 7) is 6.00. The number of hydrogen-bond acceptors (Lipinski definition) is 5. The second-order valence-electron chi connectivity index (χ2n) is 9.25. The summed E-state index contributed by atoms with van der Waals surface area (Å²) in [5.41, 5.74) is 1.41. The lowest BCUT2D eigenvalue weighted by Gasteiger charge is -2.29. The molecule has 0 aromatic heterocycles. The van der Waals surface area contributed by atoms with Gasteiger partial charge in [0.2, 0.25) is 11.8 Å². The fourth-order valence-corrected chi connectivity index (χ4v) is 4.49. The highest BCUT2D eigenvalue weighted by atomic mass is 16.5. The fourth-order valence-electron chi connectivity index (χ4n) is 4.49. The minimum Gasteiger partial charge on any atom is -0.461 e. The Morgan fingerprint density at radius 1 is 1.03 bits per heavy atom. The van der Waals surface area contributed by atoms with Crippen molar-refractivity contribution < 1.29 is 23.9 Å². The SMILES string of the molecule is C/C1=C/[C@H](C)CC[C@@H](C)OC(=O)[C@@H]2CCCN2C(=O)[C@H](Cc2ccccc2)NC(=O)CC1=O. The molecule has 0 spiro atoms. The predicted molar refractivity (Wildman–Crippen MR) is 124 cm³/mol. The van der Waals surface area contributed by atoms with E-state index in [-0.39, 0.29) is 42.5 Å². The maximum atomic E-state index is 13.5. The number of Topliss-reactive ketones (excluding diaryl/α,β-unsaturated/α-hetero) is 1. The summed E-state index contributed by atoms with van der Waals surface area (Å²) in [7, 11) is 0. The minimum atomic E-state index is -0.866. The number of hydrogen-bond donors (Lipinski definition) is 1. The molecule has 0 bridgehead atoms. The van der Waals surface area contributed by atoms with Crippen molar-refractivity contribution in [1.29, 1.82) is 0 Å². The van der Waals surface area contributed by atoms with E-state index in [0.29, 0.717) is 31.4 Å². The van der Waals surface area contributed by atoms with Crippen LogP contribution in [-0.2, 0) is 30.3 Å². The first kappa shape index (κ1) is 24.7. The van der Waals surface area contributed by atoms with Crippen LogP contribution in [0.5, 0.6) is 0 Å². The molecule has 0 aliphatic carbocycles. The molecule has 1 saturated heterocycles. The largest absolute Gasteiger partial charge is 0.461 e. The summed E-state index contributed by atoms with van der Waals surface area (Å²) < 4.78 is 5.68. The number of nitrogens with zero attached hydrogens (tertiary/aromatic N) is 1. The van der Waals surface area contributed by atoms with E-state index in [0.717, 1.165) is 12.0 Å². The molecule has 2 aliphatic heterocycles. The van der Waals surface area contributed by atoms with Crippen LogP contribution in [0.1, 0.15) is 58.4 Å². The molecule has 7 heteroatoms. The standard InChI is InChI=1S/C26H34N2O5/c1-17-11-12-19(3)33-26(32)22-10-7-13-28(22)25(31)21(15-20-8-5-4-6-9-20)27-24(30)16-23(29)18(2)14-17/h4-6,8-9,14,17,19,21-22H,7,10-13,15-16H2,1-3H3,(H,27,30)/b18-14-/t17-,19-,21+,22+/m1/s1. The number of carbonyl (C=O) groups is 4. The molecule has 0 saturated carbocycles. The first-order valence-electron chi connectivity index (χ1n) is 11.8. The maximum absolute atomic E-state index is 13.5. The van der Waals surface area contributed by atoms with Crippen molar-refractivity contribution in [3.63, 3.8) is 0 Å². The summed E-state index contributed by atoms with van der Waals surface area (Å²) in [6.07, 6.45) is 4.19. The van der Waals surface area contributed by atoms with E-state index in [1.54, 1.807) is 6.92 Å². The Labute approximate surface area is 195 Å². The van der Waals surface area contributed by atoms with Crippen molar-refractivity contribution in [1.82, 2.24) is 10.2 Å². The number of ketones is 1. The summed E-state index contributed by atoms with van der Waals surface area (Å²) in [5, 5.41) is 2.77. The molecule has 0 radical (unpaired) electrons. The van der Waals surface area contributed by atoms with Crippen molar-refractivity contribution in [2.75, 3.05) is 6.54 Å². The molecule has 0 unspecified atom stereocenters. The first-order valence-corrected chi connectivity index (χ1v) is 11.8. The third kappa shape index (κ3) is 6.76. The molecule has 1 fully saturated rings. The van der Waals surface area contributed by atoms with Crippen LogP contribution in [-0.4, -0.2) is 53.2 Å². The molecule has 1 aromatic carbocycles. The maximum Gasteiger partial charge on any atom is 0.329 e. The van der Waals surface area contributed by atoms with Gasteiger partial charge in [-0.3, -0.25) is 14.4 Å². The van der Waals surface area contributed by atoms with Crippen LogP contribution >= 0.6 is 0 Å². The van der Waals surface area contributed by atoms with Crippen molar-refractivity contribution in [3.05, 3.63) is 47.5 Å². The molecule has 2 aliphatic rings. The van der Waals surface area contributed by atoms with Gasteiger partial charge in [-0.2, -0.15) is 0 Å². The average molecular weight is 455 g/mol. The molecule has 178 valence electrons. The molecule has 1 N–H and O–H groups in total. The van der Waals surface area contributed by atoms with E-state index in [2.05, 4.69) is 5.32 Å². The van der Waals surface area contributed by atoms with Crippen LogP contribution in [0.2, 0.25) is 0 Å². The van der Waals surface area contributed by atoms with Gasteiger partial charge < -0.3 is 15.0 Å². The van der Waals surface area contributed by atoms with Crippen LogP contribution in [0.4, 0.5) is 0 Å². The number of amides is 2. The van der Waals surface area contributed by atoms with Crippen molar-refractivity contribution in [3.8, 4) is 0 Å². The van der Waals surface area contributed by atoms with Gasteiger partial charge in [-0.25, -0.2) is 4.79 Å².